The lowest BCUT2D eigenvalue weighted by Gasteiger charge is -2.27. The van der Waals surface area contributed by atoms with Crippen LogP contribution in [0.3, 0.4) is 0 Å². The Bertz CT molecular complexity index is 422. The third-order valence-electron chi connectivity index (χ3n) is 4.77. The van der Waals surface area contributed by atoms with Crippen LogP contribution < -0.4 is 0 Å². The molecule has 0 unspecified atom stereocenters. The van der Waals surface area contributed by atoms with Crippen molar-refractivity contribution in [1.29, 1.82) is 0 Å². The minimum atomic E-state index is -1.27. The van der Waals surface area contributed by atoms with E-state index in [9.17, 15) is 0 Å². The lowest BCUT2D eigenvalue weighted by atomic mass is 9.97. The largest absolute Gasteiger partial charge is 0.0858 e. The molecular weight excluding hydrogens is 574 g/mol. The van der Waals surface area contributed by atoms with Crippen molar-refractivity contribution >= 4 is 61.3 Å². The van der Waals surface area contributed by atoms with Crippen LogP contribution in [-0.4, -0.2) is 16.1 Å². The second kappa shape index (κ2) is 13.6. The van der Waals surface area contributed by atoms with Crippen molar-refractivity contribution in [2.24, 2.45) is 0 Å². The molecule has 0 aliphatic heterocycles. The Morgan fingerprint density at radius 1 is 0.538 bits per heavy atom. The highest BCUT2D eigenvalue weighted by Gasteiger charge is 2.27. The van der Waals surface area contributed by atoms with Crippen molar-refractivity contribution in [3.63, 3.8) is 0 Å². The predicted molar refractivity (Wildman–Crippen MR) is 146 cm³/mol. The average molecular weight is 619 g/mol. The molecule has 0 radical (unpaired) electrons. The highest BCUT2D eigenvalue weighted by Crippen LogP contribution is 2.39. The first kappa shape index (κ1) is 27.4. The van der Waals surface area contributed by atoms with Gasteiger partial charge in [-0.05, 0) is 43.2 Å². The number of hydrogen-bond acceptors (Lipinski definition) is 0. The molecule has 154 valence electrons. The van der Waals surface area contributed by atoms with Gasteiger partial charge in [0.05, 0.1) is 16.1 Å². The quantitative estimate of drug-likeness (QED) is 0.0834. The maximum absolute atomic E-state index is 2.74. The molecule has 0 amide bonds. The van der Waals surface area contributed by atoms with E-state index >= 15 is 0 Å². The molecule has 0 aliphatic rings. The highest BCUT2D eigenvalue weighted by atomic mass is 127. The van der Waals surface area contributed by atoms with Crippen molar-refractivity contribution < 1.29 is 0 Å². The topological polar surface area (TPSA) is 0 Å². The van der Waals surface area contributed by atoms with Gasteiger partial charge < -0.3 is 0 Å². The molecule has 0 heterocycles. The highest BCUT2D eigenvalue weighted by molar-refractivity contribution is 14.1. The molecule has 0 aromatic rings. The summed E-state index contributed by atoms with van der Waals surface area (Å²) in [5, 5.41) is 0. The number of halogens is 2. The van der Waals surface area contributed by atoms with Crippen molar-refractivity contribution in [3.8, 4) is 0 Å². The van der Waals surface area contributed by atoms with Gasteiger partial charge in [0, 0.05) is 0 Å². The van der Waals surface area contributed by atoms with Gasteiger partial charge in [-0.1, -0.05) is 137 Å². The maximum atomic E-state index is 2.74. The molecule has 0 saturated carbocycles. The Labute approximate surface area is 194 Å². The van der Waals surface area contributed by atoms with E-state index < -0.39 is 16.1 Å². The summed E-state index contributed by atoms with van der Waals surface area (Å²) in [7, 11) is -2.54. The number of unbranched alkanes of at least 4 members (excludes halogenated alkanes) is 6. The van der Waals surface area contributed by atoms with Crippen LogP contribution in [0, 0.1) is 0 Å². The zero-order valence-corrected chi connectivity index (χ0v) is 25.1. The lowest BCUT2D eigenvalue weighted by molar-refractivity contribution is 0.648. The molecule has 0 spiro atoms. The molecule has 0 nitrogen and oxygen atoms in total. The van der Waals surface area contributed by atoms with Crippen LogP contribution >= 0.6 is 45.2 Å². The second-order valence-electron chi connectivity index (χ2n) is 9.71. The second-order valence-corrected chi connectivity index (χ2v) is 23.9. The van der Waals surface area contributed by atoms with Crippen LogP contribution in [-0.2, 0) is 0 Å². The molecule has 0 aromatic carbocycles. The molecule has 26 heavy (non-hydrogen) atoms. The summed E-state index contributed by atoms with van der Waals surface area (Å²) in [6, 6.07) is 0. The van der Waals surface area contributed by atoms with E-state index in [0.717, 1.165) is 0 Å². The van der Waals surface area contributed by atoms with Crippen molar-refractivity contribution in [2.45, 2.75) is 117 Å². The third kappa shape index (κ3) is 10.8. The number of rotatable bonds is 13. The summed E-state index contributed by atoms with van der Waals surface area (Å²) in [6.07, 6.45) is 13.6. The fourth-order valence-electron chi connectivity index (χ4n) is 3.15. The Balaban J connectivity index is 5.84. The zero-order valence-electron chi connectivity index (χ0n) is 18.8. The molecule has 0 rings (SSSR count). The summed E-state index contributed by atoms with van der Waals surface area (Å²) in [5.41, 5.74) is 3.54. The smallest absolute Gasteiger partial charge is 0.0654 e. The molecule has 0 N–H and O–H groups in total. The first-order chi connectivity index (χ1) is 12.0. The predicted octanol–water partition coefficient (Wildman–Crippen LogP) is 10.1. The fourth-order valence-corrected chi connectivity index (χ4v) is 6.70. The van der Waals surface area contributed by atoms with Crippen LogP contribution in [0.1, 0.15) is 78.1 Å². The summed E-state index contributed by atoms with van der Waals surface area (Å²) in [6.45, 7) is 19.8. The Kier molecular flexibility index (Phi) is 14.3. The average Bonchev–Trinajstić information content (AvgIpc) is 2.53. The molecule has 4 heteroatoms. The lowest BCUT2D eigenvalue weighted by Crippen LogP contribution is -2.25. The van der Waals surface area contributed by atoms with Gasteiger partial charge in [0.15, 0.2) is 0 Å². The van der Waals surface area contributed by atoms with E-state index in [0.29, 0.717) is 0 Å². The molecule has 0 saturated heterocycles. The van der Waals surface area contributed by atoms with E-state index in [1.54, 1.807) is 17.6 Å². The van der Waals surface area contributed by atoms with Gasteiger partial charge in [-0.25, -0.2) is 0 Å². The fraction of sp³-hybridized carbons (Fsp3) is 0.818. The number of hydrogen-bond donors (Lipinski definition) is 0. The van der Waals surface area contributed by atoms with Gasteiger partial charge in [-0.3, -0.25) is 0 Å². The molecule has 0 aromatic heterocycles. The minimum absolute atomic E-state index is 1.27. The van der Waals surface area contributed by atoms with Crippen LogP contribution in [0.2, 0.25) is 39.3 Å². The van der Waals surface area contributed by atoms with Crippen molar-refractivity contribution in [1.82, 2.24) is 0 Å². The first-order valence-corrected chi connectivity index (χ1v) is 19.9. The van der Waals surface area contributed by atoms with Gasteiger partial charge in [0.1, 0.15) is 0 Å². The Morgan fingerprint density at radius 3 is 1.08 bits per heavy atom. The van der Waals surface area contributed by atoms with Crippen LogP contribution in [0.15, 0.2) is 17.6 Å². The van der Waals surface area contributed by atoms with Gasteiger partial charge in [0.2, 0.25) is 0 Å². The van der Waals surface area contributed by atoms with E-state index in [-0.39, 0.29) is 0 Å². The monoisotopic (exact) mass is 618 g/mol. The van der Waals surface area contributed by atoms with E-state index in [1.807, 2.05) is 0 Å². The summed E-state index contributed by atoms with van der Waals surface area (Å²) in [4.78, 5) is 0. The van der Waals surface area contributed by atoms with Crippen molar-refractivity contribution in [2.75, 3.05) is 0 Å². The van der Waals surface area contributed by atoms with E-state index in [4.69, 9.17) is 0 Å². The molecule has 0 atom stereocenters. The van der Waals surface area contributed by atoms with E-state index in [1.165, 1.54) is 64.2 Å². The van der Waals surface area contributed by atoms with Gasteiger partial charge >= 0.3 is 0 Å². The van der Waals surface area contributed by atoms with Gasteiger partial charge in [-0.2, -0.15) is 0 Å². The standard InChI is InChI=1S/C22H44I2Si2/c1-9-11-13-15-17-19(21(23)25(3,4)5)20(18-16-14-12-10-2)22(24)26(6,7)8/h9-18H2,1-8H3/b21-19-,22-20-. The first-order valence-electron chi connectivity index (χ1n) is 10.7. The Morgan fingerprint density at radius 2 is 0.846 bits per heavy atom. The van der Waals surface area contributed by atoms with Crippen LogP contribution in [0.5, 0.6) is 0 Å². The molecule has 0 fully saturated rings. The molecule has 0 bridgehead atoms. The maximum Gasteiger partial charge on any atom is 0.0858 e. The summed E-state index contributed by atoms with van der Waals surface area (Å²) < 4.78 is 3.48. The van der Waals surface area contributed by atoms with Crippen LogP contribution in [0.4, 0.5) is 0 Å². The van der Waals surface area contributed by atoms with Gasteiger partial charge in [0.25, 0.3) is 0 Å². The Hall–Kier alpha value is 1.37. The van der Waals surface area contributed by atoms with E-state index in [2.05, 4.69) is 98.3 Å². The zero-order chi connectivity index (χ0) is 20.4. The van der Waals surface area contributed by atoms with Crippen LogP contribution in [0.25, 0.3) is 0 Å². The summed E-state index contributed by atoms with van der Waals surface area (Å²) >= 11 is 5.47. The van der Waals surface area contributed by atoms with Gasteiger partial charge in [-0.15, -0.1) is 0 Å². The SMILES string of the molecule is CCCCCCC(/C(CCCCCC)=C(/I)[Si](C)(C)C)=C(\I)[Si](C)(C)C. The number of allylic oxidation sites excluding steroid dienone is 2. The van der Waals surface area contributed by atoms with Crippen molar-refractivity contribution in [3.05, 3.63) is 17.6 Å². The normalized spacial score (nSPS) is 15.0. The minimum Gasteiger partial charge on any atom is -0.0654 e. The summed E-state index contributed by atoms with van der Waals surface area (Å²) in [5.74, 6) is 0. The third-order valence-corrected chi connectivity index (χ3v) is 19.0. The molecule has 0 aliphatic carbocycles. The molecular formula is C22H44I2Si2.